The Labute approximate surface area is 150 Å². The van der Waals surface area contributed by atoms with Crippen molar-refractivity contribution in [3.8, 4) is 17.2 Å². The normalized spacial score (nSPS) is 18.1. The van der Waals surface area contributed by atoms with Crippen molar-refractivity contribution in [2.75, 3.05) is 25.3 Å². The predicted molar refractivity (Wildman–Crippen MR) is 93.8 cm³/mol. The van der Waals surface area contributed by atoms with Crippen molar-refractivity contribution in [1.29, 1.82) is 0 Å². The van der Waals surface area contributed by atoms with Gasteiger partial charge in [0.2, 0.25) is 12.7 Å². The second-order valence-corrected chi connectivity index (χ2v) is 6.15. The van der Waals surface area contributed by atoms with E-state index in [0.29, 0.717) is 29.4 Å². The Hall–Kier alpha value is -3.22. The van der Waals surface area contributed by atoms with Crippen molar-refractivity contribution >= 4 is 17.5 Å². The highest BCUT2D eigenvalue weighted by Gasteiger charge is 2.32. The SMILES string of the molecule is COc1cccc(N2CC(NC(=O)c3ccc4c(c3)OCO4)CC2=O)c1. The maximum atomic E-state index is 12.5. The number of ether oxygens (including phenoxy) is 3. The minimum atomic E-state index is -0.258. The summed E-state index contributed by atoms with van der Waals surface area (Å²) in [5.74, 6) is 1.59. The van der Waals surface area contributed by atoms with Gasteiger partial charge >= 0.3 is 0 Å². The average molecular weight is 354 g/mol. The van der Waals surface area contributed by atoms with E-state index in [-0.39, 0.29) is 31.1 Å². The summed E-state index contributed by atoms with van der Waals surface area (Å²) in [6.07, 6.45) is 0.257. The molecule has 1 saturated heterocycles. The molecule has 0 spiro atoms. The van der Waals surface area contributed by atoms with Crippen molar-refractivity contribution in [3.63, 3.8) is 0 Å². The van der Waals surface area contributed by atoms with Crippen molar-refractivity contribution in [2.45, 2.75) is 12.5 Å². The Morgan fingerprint density at radius 1 is 1.19 bits per heavy atom. The number of carbonyl (C=O) groups is 2. The second kappa shape index (κ2) is 6.59. The summed E-state index contributed by atoms with van der Waals surface area (Å²) in [5, 5.41) is 2.92. The van der Waals surface area contributed by atoms with Gasteiger partial charge in [0.15, 0.2) is 11.5 Å². The molecule has 7 heteroatoms. The van der Waals surface area contributed by atoms with Crippen LogP contribution in [0.25, 0.3) is 0 Å². The van der Waals surface area contributed by atoms with Crippen LogP contribution in [-0.4, -0.2) is 38.3 Å². The first-order valence-electron chi connectivity index (χ1n) is 8.29. The standard InChI is InChI=1S/C19H18N2O5/c1-24-15-4-2-3-14(9-15)21-10-13(8-18(21)22)20-19(23)12-5-6-16-17(7-12)26-11-25-16/h2-7,9,13H,8,10-11H2,1H3,(H,20,23). The molecule has 0 radical (unpaired) electrons. The van der Waals surface area contributed by atoms with Crippen LogP contribution in [-0.2, 0) is 4.79 Å². The highest BCUT2D eigenvalue weighted by Crippen LogP contribution is 2.32. The van der Waals surface area contributed by atoms with Crippen LogP contribution >= 0.6 is 0 Å². The maximum Gasteiger partial charge on any atom is 0.251 e. The zero-order chi connectivity index (χ0) is 18.1. The molecular weight excluding hydrogens is 336 g/mol. The van der Waals surface area contributed by atoms with Crippen molar-refractivity contribution in [2.24, 2.45) is 0 Å². The number of benzene rings is 2. The number of hydrogen-bond donors (Lipinski definition) is 1. The van der Waals surface area contributed by atoms with E-state index in [0.717, 1.165) is 5.69 Å². The van der Waals surface area contributed by atoms with Gasteiger partial charge in [-0.1, -0.05) is 6.07 Å². The van der Waals surface area contributed by atoms with E-state index in [1.165, 1.54) is 0 Å². The summed E-state index contributed by atoms with van der Waals surface area (Å²) in [4.78, 5) is 26.5. The van der Waals surface area contributed by atoms with Crippen LogP contribution in [0.1, 0.15) is 16.8 Å². The summed E-state index contributed by atoms with van der Waals surface area (Å²) >= 11 is 0. The van der Waals surface area contributed by atoms with Gasteiger partial charge in [-0.05, 0) is 30.3 Å². The van der Waals surface area contributed by atoms with Gasteiger partial charge in [0.1, 0.15) is 5.75 Å². The highest BCUT2D eigenvalue weighted by atomic mass is 16.7. The van der Waals surface area contributed by atoms with E-state index in [9.17, 15) is 9.59 Å². The lowest BCUT2D eigenvalue weighted by Gasteiger charge is -2.18. The highest BCUT2D eigenvalue weighted by molar-refractivity contribution is 5.99. The Kier molecular flexibility index (Phi) is 4.12. The van der Waals surface area contributed by atoms with Crippen molar-refractivity contribution in [3.05, 3.63) is 48.0 Å². The summed E-state index contributed by atoms with van der Waals surface area (Å²) in [5.41, 5.74) is 1.23. The van der Waals surface area contributed by atoms with Gasteiger partial charge in [0.25, 0.3) is 5.91 Å². The van der Waals surface area contributed by atoms with Gasteiger partial charge in [0, 0.05) is 30.3 Å². The van der Waals surface area contributed by atoms with Crippen LogP contribution in [0, 0.1) is 0 Å². The Bertz CT molecular complexity index is 867. The van der Waals surface area contributed by atoms with Gasteiger partial charge in [-0.2, -0.15) is 0 Å². The number of nitrogens with zero attached hydrogens (tertiary/aromatic N) is 1. The molecule has 0 bridgehead atoms. The van der Waals surface area contributed by atoms with Crippen LogP contribution in [0.3, 0.4) is 0 Å². The van der Waals surface area contributed by atoms with Crippen LogP contribution in [0.4, 0.5) is 5.69 Å². The molecule has 1 unspecified atom stereocenters. The molecule has 2 aromatic rings. The van der Waals surface area contributed by atoms with E-state index in [4.69, 9.17) is 14.2 Å². The average Bonchev–Trinajstić information content (AvgIpc) is 3.27. The van der Waals surface area contributed by atoms with Gasteiger partial charge < -0.3 is 24.4 Å². The predicted octanol–water partition coefficient (Wildman–Crippen LogP) is 1.96. The van der Waals surface area contributed by atoms with Gasteiger partial charge in [0.05, 0.1) is 13.2 Å². The third kappa shape index (κ3) is 3.03. The largest absolute Gasteiger partial charge is 0.497 e. The fourth-order valence-electron chi connectivity index (χ4n) is 3.14. The molecule has 134 valence electrons. The lowest BCUT2D eigenvalue weighted by atomic mass is 10.1. The minimum Gasteiger partial charge on any atom is -0.497 e. The molecule has 4 rings (SSSR count). The molecule has 2 heterocycles. The number of methoxy groups -OCH3 is 1. The maximum absolute atomic E-state index is 12.5. The topological polar surface area (TPSA) is 77.1 Å². The quantitative estimate of drug-likeness (QED) is 0.908. The second-order valence-electron chi connectivity index (χ2n) is 6.15. The molecule has 0 saturated carbocycles. The lowest BCUT2D eigenvalue weighted by molar-refractivity contribution is -0.117. The van der Waals surface area contributed by atoms with E-state index in [1.54, 1.807) is 36.3 Å². The molecule has 2 aliphatic rings. The molecule has 26 heavy (non-hydrogen) atoms. The van der Waals surface area contributed by atoms with Crippen LogP contribution < -0.4 is 24.4 Å². The molecule has 1 N–H and O–H groups in total. The first-order chi connectivity index (χ1) is 12.6. The first kappa shape index (κ1) is 16.3. The van der Waals surface area contributed by atoms with Gasteiger partial charge in [-0.3, -0.25) is 9.59 Å². The molecular formula is C19H18N2O5. The number of rotatable bonds is 4. The molecule has 2 amide bonds. The fraction of sp³-hybridized carbons (Fsp3) is 0.263. The lowest BCUT2D eigenvalue weighted by Crippen LogP contribution is -2.37. The third-order valence-electron chi connectivity index (χ3n) is 4.46. The van der Waals surface area contributed by atoms with Crippen LogP contribution in [0.5, 0.6) is 17.2 Å². The van der Waals surface area contributed by atoms with Crippen molar-refractivity contribution < 1.29 is 23.8 Å². The summed E-state index contributed by atoms with van der Waals surface area (Å²) < 4.78 is 15.7. The number of hydrogen-bond acceptors (Lipinski definition) is 5. The molecule has 2 aliphatic heterocycles. The summed E-state index contributed by atoms with van der Waals surface area (Å²) in [6, 6.07) is 12.1. The number of nitrogens with one attached hydrogen (secondary N) is 1. The van der Waals surface area contributed by atoms with Crippen molar-refractivity contribution in [1.82, 2.24) is 5.32 Å². The number of carbonyl (C=O) groups excluding carboxylic acids is 2. The Morgan fingerprint density at radius 2 is 2.04 bits per heavy atom. The van der Waals surface area contributed by atoms with Gasteiger partial charge in [-0.25, -0.2) is 0 Å². The molecule has 0 aliphatic carbocycles. The van der Waals surface area contributed by atoms with E-state index < -0.39 is 0 Å². The zero-order valence-electron chi connectivity index (χ0n) is 14.2. The number of fused-ring (bicyclic) bond motifs is 1. The van der Waals surface area contributed by atoms with Crippen LogP contribution in [0.15, 0.2) is 42.5 Å². The smallest absolute Gasteiger partial charge is 0.251 e. The minimum absolute atomic E-state index is 0.0331. The van der Waals surface area contributed by atoms with Gasteiger partial charge in [-0.15, -0.1) is 0 Å². The third-order valence-corrected chi connectivity index (χ3v) is 4.46. The molecule has 7 nitrogen and oxygen atoms in total. The van der Waals surface area contributed by atoms with Crippen LogP contribution in [0.2, 0.25) is 0 Å². The fourth-order valence-corrected chi connectivity index (χ4v) is 3.14. The Balaban J connectivity index is 1.44. The number of amides is 2. The number of anilines is 1. The molecule has 2 aromatic carbocycles. The summed E-state index contributed by atoms with van der Waals surface area (Å²) in [7, 11) is 1.58. The van der Waals surface area contributed by atoms with E-state index in [2.05, 4.69) is 5.32 Å². The monoisotopic (exact) mass is 354 g/mol. The Morgan fingerprint density at radius 3 is 2.88 bits per heavy atom. The van der Waals surface area contributed by atoms with E-state index in [1.807, 2.05) is 18.2 Å². The molecule has 1 fully saturated rings. The zero-order valence-corrected chi connectivity index (χ0v) is 14.2. The summed E-state index contributed by atoms with van der Waals surface area (Å²) in [6.45, 7) is 0.579. The van der Waals surface area contributed by atoms with E-state index >= 15 is 0 Å². The molecule has 1 atom stereocenters. The first-order valence-corrected chi connectivity index (χ1v) is 8.29. The molecule has 0 aromatic heterocycles.